The number of benzene rings is 8. The molecule has 6 heteroatoms. The fourth-order valence-electron chi connectivity index (χ4n) is 8.37. The number of aromatic nitrogens is 4. The van der Waals surface area contributed by atoms with Gasteiger partial charge in [-0.2, -0.15) is 0 Å². The number of rotatable bonds is 5. The van der Waals surface area contributed by atoms with Crippen molar-refractivity contribution in [2.45, 2.75) is 0 Å². The van der Waals surface area contributed by atoms with E-state index in [4.69, 9.17) is 28.8 Å². The summed E-state index contributed by atoms with van der Waals surface area (Å²) in [6.07, 6.45) is 0. The van der Waals surface area contributed by atoms with E-state index >= 15 is 0 Å². The number of fused-ring (bicyclic) bond motifs is 10. The van der Waals surface area contributed by atoms with Crippen LogP contribution in [-0.4, -0.2) is 19.9 Å². The maximum absolute atomic E-state index is 6.78. The lowest BCUT2D eigenvalue weighted by Crippen LogP contribution is -2.00. The van der Waals surface area contributed by atoms with E-state index in [9.17, 15) is 0 Å². The fourth-order valence-corrected chi connectivity index (χ4v) is 8.37. The van der Waals surface area contributed by atoms with Crippen molar-refractivity contribution >= 4 is 65.6 Å². The molecule has 12 rings (SSSR count). The molecule has 4 aromatic heterocycles. The molecule has 0 bridgehead atoms. The van der Waals surface area contributed by atoms with Gasteiger partial charge in [0.15, 0.2) is 17.5 Å². The Labute approximate surface area is 331 Å². The van der Waals surface area contributed by atoms with E-state index in [0.717, 1.165) is 105 Å². The molecule has 270 valence electrons. The van der Waals surface area contributed by atoms with Crippen LogP contribution in [0.15, 0.2) is 191 Å². The average molecular weight is 743 g/mol. The van der Waals surface area contributed by atoms with Crippen LogP contribution in [0.25, 0.3) is 122 Å². The van der Waals surface area contributed by atoms with Gasteiger partial charge in [0, 0.05) is 65.5 Å². The van der Waals surface area contributed by atoms with Gasteiger partial charge in [0.25, 0.3) is 0 Å². The van der Waals surface area contributed by atoms with E-state index in [0.29, 0.717) is 17.5 Å². The van der Waals surface area contributed by atoms with Crippen molar-refractivity contribution < 1.29 is 8.83 Å². The van der Waals surface area contributed by atoms with Crippen LogP contribution in [0.5, 0.6) is 0 Å². The minimum atomic E-state index is 0.585. The summed E-state index contributed by atoms with van der Waals surface area (Å²) in [5.41, 5.74) is 11.0. The van der Waals surface area contributed by atoms with Crippen molar-refractivity contribution in [3.63, 3.8) is 0 Å². The number of furan rings is 2. The van der Waals surface area contributed by atoms with Crippen LogP contribution >= 0.6 is 0 Å². The average Bonchev–Trinajstić information content (AvgIpc) is 3.88. The minimum Gasteiger partial charge on any atom is -0.456 e. The highest BCUT2D eigenvalue weighted by Gasteiger charge is 2.22. The molecule has 6 nitrogen and oxygen atoms in total. The highest BCUT2D eigenvalue weighted by Crippen LogP contribution is 2.45. The molecule has 0 saturated heterocycles. The zero-order chi connectivity index (χ0) is 38.2. The van der Waals surface area contributed by atoms with Gasteiger partial charge >= 0.3 is 0 Å². The molecule has 0 aliphatic carbocycles. The second kappa shape index (κ2) is 12.8. The van der Waals surface area contributed by atoms with E-state index in [-0.39, 0.29) is 0 Å². The summed E-state index contributed by atoms with van der Waals surface area (Å²) >= 11 is 0. The minimum absolute atomic E-state index is 0.585. The van der Waals surface area contributed by atoms with Gasteiger partial charge in [-0.05, 0) is 48.0 Å². The second-order valence-corrected chi connectivity index (χ2v) is 14.6. The lowest BCUT2D eigenvalue weighted by Gasteiger charge is -2.14. The van der Waals surface area contributed by atoms with Crippen LogP contribution in [0, 0.1) is 0 Å². The molecule has 58 heavy (non-hydrogen) atoms. The summed E-state index contributed by atoms with van der Waals surface area (Å²) in [6.45, 7) is 0. The third-order valence-corrected chi connectivity index (χ3v) is 11.1. The van der Waals surface area contributed by atoms with Crippen LogP contribution < -0.4 is 0 Å². The van der Waals surface area contributed by atoms with Crippen molar-refractivity contribution in [2.75, 3.05) is 0 Å². The highest BCUT2D eigenvalue weighted by atomic mass is 16.3. The Kier molecular flexibility index (Phi) is 7.13. The predicted molar refractivity (Wildman–Crippen MR) is 234 cm³/mol. The third-order valence-electron chi connectivity index (χ3n) is 11.1. The summed E-state index contributed by atoms with van der Waals surface area (Å²) in [5.74, 6) is 1.78. The van der Waals surface area contributed by atoms with Crippen LogP contribution in [-0.2, 0) is 0 Å². The number of para-hydroxylation sites is 3. The Morgan fingerprint density at radius 1 is 0.310 bits per heavy atom. The van der Waals surface area contributed by atoms with Crippen molar-refractivity contribution in [3.8, 4) is 56.5 Å². The van der Waals surface area contributed by atoms with Crippen LogP contribution in [0.1, 0.15) is 0 Å². The SMILES string of the molecule is c1ccc(-c2nc(-c3ccc(-c4cc5c(-c6ccccc6)nc6ccccc6c5c5c4oc4ccccc45)cc3)nc(-c3ccc4oc5ccccc5c4c3)n2)cc1. The van der Waals surface area contributed by atoms with Gasteiger partial charge in [0.1, 0.15) is 22.3 Å². The van der Waals surface area contributed by atoms with Gasteiger partial charge in [-0.25, -0.2) is 19.9 Å². The number of nitrogens with zero attached hydrogens (tertiary/aromatic N) is 4. The maximum atomic E-state index is 6.78. The summed E-state index contributed by atoms with van der Waals surface area (Å²) in [6, 6.07) is 62.1. The Morgan fingerprint density at radius 3 is 1.59 bits per heavy atom. The molecule has 0 atom stereocenters. The van der Waals surface area contributed by atoms with Gasteiger partial charge < -0.3 is 8.83 Å². The zero-order valence-electron chi connectivity index (χ0n) is 30.9. The first kappa shape index (κ1) is 32.3. The molecule has 0 radical (unpaired) electrons. The van der Waals surface area contributed by atoms with Crippen molar-refractivity contribution in [2.24, 2.45) is 0 Å². The normalized spacial score (nSPS) is 11.8. The second-order valence-electron chi connectivity index (χ2n) is 14.6. The lowest BCUT2D eigenvalue weighted by molar-refractivity contribution is 0.669. The molecule has 0 N–H and O–H groups in total. The number of hydrogen-bond acceptors (Lipinski definition) is 6. The maximum Gasteiger partial charge on any atom is 0.164 e. The fraction of sp³-hybridized carbons (Fsp3) is 0. The summed E-state index contributed by atoms with van der Waals surface area (Å²) in [7, 11) is 0. The lowest BCUT2D eigenvalue weighted by atomic mass is 9.91. The Morgan fingerprint density at radius 2 is 0.845 bits per heavy atom. The molecular weight excluding hydrogens is 713 g/mol. The summed E-state index contributed by atoms with van der Waals surface area (Å²) < 4.78 is 12.9. The Hall–Kier alpha value is -7.96. The molecule has 0 amide bonds. The van der Waals surface area contributed by atoms with E-state index in [1.807, 2.05) is 78.9 Å². The molecule has 0 spiro atoms. The van der Waals surface area contributed by atoms with Gasteiger partial charge in [0.05, 0.1) is 11.2 Å². The zero-order valence-corrected chi connectivity index (χ0v) is 30.9. The van der Waals surface area contributed by atoms with Gasteiger partial charge in [0.2, 0.25) is 0 Å². The standard InChI is InChI=1S/C52H30N4O2/c1-3-13-32(14-4-1)48-41-30-39(49-47(38-19-9-12-22-44(38)58-49)46(41)37-18-7-10-20-42(37)53-48)31-23-25-34(26-24-31)51-54-50(33-15-5-2-6-16-33)55-52(56-51)35-27-28-45-40(29-35)36-17-8-11-21-43(36)57-45/h1-30H. The van der Waals surface area contributed by atoms with Crippen molar-refractivity contribution in [3.05, 3.63) is 182 Å². The van der Waals surface area contributed by atoms with E-state index in [1.54, 1.807) is 0 Å². The first-order valence-corrected chi connectivity index (χ1v) is 19.3. The third kappa shape index (κ3) is 5.12. The summed E-state index contributed by atoms with van der Waals surface area (Å²) in [5, 5.41) is 7.53. The van der Waals surface area contributed by atoms with E-state index in [2.05, 4.69) is 103 Å². The van der Waals surface area contributed by atoms with Gasteiger partial charge in [-0.15, -0.1) is 0 Å². The molecule has 8 aromatic carbocycles. The smallest absolute Gasteiger partial charge is 0.164 e. The van der Waals surface area contributed by atoms with Gasteiger partial charge in [-0.3, -0.25) is 0 Å². The van der Waals surface area contributed by atoms with Crippen molar-refractivity contribution in [1.82, 2.24) is 19.9 Å². The van der Waals surface area contributed by atoms with Crippen LogP contribution in [0.4, 0.5) is 0 Å². The predicted octanol–water partition coefficient (Wildman–Crippen LogP) is 13.7. The van der Waals surface area contributed by atoms with Crippen LogP contribution in [0.2, 0.25) is 0 Å². The summed E-state index contributed by atoms with van der Waals surface area (Å²) in [4.78, 5) is 20.4. The molecule has 0 aliphatic rings. The molecule has 0 unspecified atom stereocenters. The van der Waals surface area contributed by atoms with Gasteiger partial charge in [-0.1, -0.05) is 140 Å². The van der Waals surface area contributed by atoms with Crippen molar-refractivity contribution in [1.29, 1.82) is 0 Å². The largest absolute Gasteiger partial charge is 0.456 e. The molecule has 0 fully saturated rings. The molecular formula is C52H30N4O2. The molecule has 0 aliphatic heterocycles. The number of pyridine rings is 1. The molecule has 0 saturated carbocycles. The quantitative estimate of drug-likeness (QED) is 0.163. The Bertz CT molecular complexity index is 3560. The first-order chi connectivity index (χ1) is 28.7. The van der Waals surface area contributed by atoms with Crippen LogP contribution in [0.3, 0.4) is 0 Å². The molecule has 12 aromatic rings. The van der Waals surface area contributed by atoms with E-state index in [1.165, 1.54) is 0 Å². The monoisotopic (exact) mass is 742 g/mol. The topological polar surface area (TPSA) is 77.8 Å². The highest BCUT2D eigenvalue weighted by molar-refractivity contribution is 6.30. The Balaban J connectivity index is 1.05. The first-order valence-electron chi connectivity index (χ1n) is 19.3. The number of hydrogen-bond donors (Lipinski definition) is 0. The van der Waals surface area contributed by atoms with E-state index < -0.39 is 0 Å². The molecule has 4 heterocycles.